The predicted octanol–water partition coefficient (Wildman–Crippen LogP) is 0.180. The van der Waals surface area contributed by atoms with Crippen LogP contribution in [0.25, 0.3) is 0 Å². The highest BCUT2D eigenvalue weighted by atomic mass is 16.3. The molecule has 1 atom stereocenters. The molecule has 0 saturated carbocycles. The average molecular weight is 172 g/mol. The molecule has 0 bridgehead atoms. The maximum absolute atomic E-state index is 9.38. The van der Waals surface area contributed by atoms with Crippen molar-refractivity contribution in [3.05, 3.63) is 0 Å². The van der Waals surface area contributed by atoms with Crippen molar-refractivity contribution in [2.24, 2.45) is 5.73 Å². The summed E-state index contributed by atoms with van der Waals surface area (Å²) in [5.41, 5.74) is 5.62. The van der Waals surface area contributed by atoms with Crippen molar-refractivity contribution in [2.75, 3.05) is 19.6 Å². The molecule has 3 nitrogen and oxygen atoms in total. The van der Waals surface area contributed by atoms with Gasteiger partial charge in [-0.25, -0.2) is 0 Å². The number of nitrogens with zero attached hydrogens (tertiary/aromatic N) is 1. The quantitative estimate of drug-likeness (QED) is 0.638. The van der Waals surface area contributed by atoms with Crippen molar-refractivity contribution in [3.63, 3.8) is 0 Å². The second kappa shape index (κ2) is 3.73. The molecule has 0 aromatic carbocycles. The molecule has 0 aromatic heterocycles. The zero-order valence-corrected chi connectivity index (χ0v) is 8.08. The van der Waals surface area contributed by atoms with Crippen LogP contribution in [0.3, 0.4) is 0 Å². The Morgan fingerprint density at radius 1 is 1.58 bits per heavy atom. The lowest BCUT2D eigenvalue weighted by Gasteiger charge is -2.32. The molecule has 72 valence electrons. The number of likely N-dealkylation sites (tertiary alicyclic amines) is 1. The summed E-state index contributed by atoms with van der Waals surface area (Å²) in [4.78, 5) is 2.32. The van der Waals surface area contributed by atoms with E-state index in [1.54, 1.807) is 0 Å². The molecule has 3 heteroatoms. The lowest BCUT2D eigenvalue weighted by molar-refractivity contribution is 0.0827. The number of aliphatic hydroxyl groups is 1. The first kappa shape index (κ1) is 9.96. The average Bonchev–Trinajstić information content (AvgIpc) is 2.31. The van der Waals surface area contributed by atoms with Crippen LogP contribution in [0.15, 0.2) is 0 Å². The van der Waals surface area contributed by atoms with E-state index < -0.39 is 0 Å². The Labute approximate surface area is 74.5 Å². The van der Waals surface area contributed by atoms with E-state index in [-0.39, 0.29) is 11.6 Å². The Hall–Kier alpha value is -0.120. The Morgan fingerprint density at radius 2 is 2.25 bits per heavy atom. The monoisotopic (exact) mass is 172 g/mol. The van der Waals surface area contributed by atoms with Crippen molar-refractivity contribution in [2.45, 2.75) is 38.3 Å². The third-order valence-electron chi connectivity index (χ3n) is 2.78. The summed E-state index contributed by atoms with van der Waals surface area (Å²) in [6.07, 6.45) is 2.11. The Balaban J connectivity index is 2.41. The highest BCUT2D eigenvalue weighted by Crippen LogP contribution is 2.27. The first-order valence-electron chi connectivity index (χ1n) is 4.69. The molecule has 1 saturated heterocycles. The van der Waals surface area contributed by atoms with E-state index in [0.717, 1.165) is 13.1 Å². The van der Waals surface area contributed by atoms with Crippen LogP contribution in [0.2, 0.25) is 0 Å². The summed E-state index contributed by atoms with van der Waals surface area (Å²) in [7, 11) is 0. The lowest BCUT2D eigenvalue weighted by Crippen LogP contribution is -2.44. The van der Waals surface area contributed by atoms with Gasteiger partial charge >= 0.3 is 0 Å². The summed E-state index contributed by atoms with van der Waals surface area (Å²) in [5.74, 6) is 0. The molecule has 1 fully saturated rings. The number of hydrogen-bond donors (Lipinski definition) is 2. The largest absolute Gasteiger partial charge is 0.390 e. The van der Waals surface area contributed by atoms with Gasteiger partial charge in [-0.05, 0) is 33.2 Å². The molecule has 0 spiro atoms. The molecule has 1 aliphatic heterocycles. The van der Waals surface area contributed by atoms with Gasteiger partial charge in [0.2, 0.25) is 0 Å². The number of aliphatic hydroxyl groups excluding tert-OH is 1. The van der Waals surface area contributed by atoms with E-state index in [4.69, 9.17) is 5.73 Å². The first-order valence-corrected chi connectivity index (χ1v) is 4.69. The summed E-state index contributed by atoms with van der Waals surface area (Å²) in [6, 6.07) is 0. The van der Waals surface area contributed by atoms with Gasteiger partial charge in [-0.1, -0.05) is 0 Å². The van der Waals surface area contributed by atoms with Crippen LogP contribution in [-0.4, -0.2) is 41.3 Å². The molecule has 3 N–H and O–H groups in total. The maximum atomic E-state index is 9.38. The molecule has 1 rings (SSSR count). The standard InChI is InChI=1S/C9H20N2O/c1-9(2)4-3-5-11(9)7-8(12)6-10/h8,12H,3-7,10H2,1-2H3/t8-/m1/s1. The van der Waals surface area contributed by atoms with Gasteiger partial charge in [0.25, 0.3) is 0 Å². The molecule has 1 aliphatic rings. The second-order valence-electron chi connectivity index (χ2n) is 4.25. The number of nitrogens with two attached hydrogens (primary N) is 1. The van der Waals surface area contributed by atoms with E-state index in [1.165, 1.54) is 12.8 Å². The van der Waals surface area contributed by atoms with E-state index in [2.05, 4.69) is 18.7 Å². The fourth-order valence-electron chi connectivity index (χ4n) is 1.83. The highest BCUT2D eigenvalue weighted by Gasteiger charge is 2.32. The number of β-amino-alcohol motifs (C(OH)–C–C–N with tert-alkyl or cyclic N) is 1. The molecule has 0 radical (unpaired) electrons. The molecule has 0 amide bonds. The topological polar surface area (TPSA) is 49.5 Å². The van der Waals surface area contributed by atoms with Crippen LogP contribution < -0.4 is 5.73 Å². The third-order valence-corrected chi connectivity index (χ3v) is 2.78. The molecule has 1 heterocycles. The lowest BCUT2D eigenvalue weighted by atomic mass is 10.0. The van der Waals surface area contributed by atoms with Gasteiger partial charge in [-0.15, -0.1) is 0 Å². The zero-order chi connectivity index (χ0) is 9.19. The molecule has 0 aliphatic carbocycles. The third kappa shape index (κ3) is 2.19. The molecule has 0 aromatic rings. The van der Waals surface area contributed by atoms with Crippen LogP contribution in [0, 0.1) is 0 Å². The van der Waals surface area contributed by atoms with Crippen molar-refractivity contribution < 1.29 is 5.11 Å². The fraction of sp³-hybridized carbons (Fsp3) is 1.00. The van der Waals surface area contributed by atoms with Gasteiger partial charge in [0.1, 0.15) is 0 Å². The van der Waals surface area contributed by atoms with Crippen LogP contribution in [0.5, 0.6) is 0 Å². The zero-order valence-electron chi connectivity index (χ0n) is 8.08. The summed E-state index contributed by atoms with van der Waals surface area (Å²) in [5, 5.41) is 9.38. The van der Waals surface area contributed by atoms with Crippen LogP contribution in [-0.2, 0) is 0 Å². The molecular formula is C9H20N2O. The van der Waals surface area contributed by atoms with Gasteiger partial charge in [-0.2, -0.15) is 0 Å². The van der Waals surface area contributed by atoms with Crippen molar-refractivity contribution in [3.8, 4) is 0 Å². The normalized spacial score (nSPS) is 26.0. The molecule has 12 heavy (non-hydrogen) atoms. The minimum absolute atomic E-state index is 0.260. The van der Waals surface area contributed by atoms with Crippen LogP contribution in [0.4, 0.5) is 0 Å². The van der Waals surface area contributed by atoms with Gasteiger partial charge in [0.05, 0.1) is 6.10 Å². The van der Waals surface area contributed by atoms with E-state index in [0.29, 0.717) is 6.54 Å². The molecular weight excluding hydrogens is 152 g/mol. The Bertz CT molecular complexity index is 147. The van der Waals surface area contributed by atoms with Crippen LogP contribution in [0.1, 0.15) is 26.7 Å². The second-order valence-corrected chi connectivity index (χ2v) is 4.25. The van der Waals surface area contributed by atoms with E-state index in [1.807, 2.05) is 0 Å². The summed E-state index contributed by atoms with van der Waals surface area (Å²) >= 11 is 0. The smallest absolute Gasteiger partial charge is 0.0789 e. The minimum Gasteiger partial charge on any atom is -0.390 e. The number of hydrogen-bond acceptors (Lipinski definition) is 3. The SMILES string of the molecule is CC1(C)CCCN1C[C@H](O)CN. The highest BCUT2D eigenvalue weighted by molar-refractivity contribution is 4.88. The van der Waals surface area contributed by atoms with Gasteiger partial charge < -0.3 is 10.8 Å². The van der Waals surface area contributed by atoms with Gasteiger partial charge in [0.15, 0.2) is 0 Å². The number of rotatable bonds is 3. The van der Waals surface area contributed by atoms with E-state index in [9.17, 15) is 5.11 Å². The van der Waals surface area contributed by atoms with Gasteiger partial charge in [0, 0.05) is 18.6 Å². The van der Waals surface area contributed by atoms with E-state index >= 15 is 0 Å². The van der Waals surface area contributed by atoms with Crippen molar-refractivity contribution >= 4 is 0 Å². The predicted molar refractivity (Wildman–Crippen MR) is 49.9 cm³/mol. The minimum atomic E-state index is -0.359. The van der Waals surface area contributed by atoms with Crippen LogP contribution >= 0.6 is 0 Å². The fourth-order valence-corrected chi connectivity index (χ4v) is 1.83. The Kier molecular flexibility index (Phi) is 3.09. The summed E-state index contributed by atoms with van der Waals surface area (Å²) in [6.45, 7) is 6.65. The maximum Gasteiger partial charge on any atom is 0.0789 e. The van der Waals surface area contributed by atoms with Gasteiger partial charge in [-0.3, -0.25) is 4.90 Å². The Morgan fingerprint density at radius 3 is 2.67 bits per heavy atom. The summed E-state index contributed by atoms with van der Waals surface area (Å²) < 4.78 is 0. The molecule has 0 unspecified atom stereocenters. The van der Waals surface area contributed by atoms with Crippen molar-refractivity contribution in [1.82, 2.24) is 4.90 Å². The first-order chi connectivity index (χ1) is 5.56. The van der Waals surface area contributed by atoms with Crippen molar-refractivity contribution in [1.29, 1.82) is 0 Å².